The number of hydrogen-bond donors (Lipinski definition) is 1. The third-order valence-electron chi connectivity index (χ3n) is 2.36. The molecule has 2 aromatic rings. The summed E-state index contributed by atoms with van der Waals surface area (Å²) in [7, 11) is 0. The maximum Gasteiger partial charge on any atom is 0.258 e. The highest BCUT2D eigenvalue weighted by Crippen LogP contribution is 2.36. The van der Waals surface area contributed by atoms with Gasteiger partial charge in [-0.05, 0) is 24.3 Å². The predicted octanol–water partition coefficient (Wildman–Crippen LogP) is 2.80. The molecule has 1 amide bonds. The number of pyridine rings is 1. The Morgan fingerprint density at radius 3 is 2.94 bits per heavy atom. The van der Waals surface area contributed by atoms with Gasteiger partial charge in [0.1, 0.15) is 5.03 Å². The van der Waals surface area contributed by atoms with Crippen LogP contribution in [-0.2, 0) is 0 Å². The van der Waals surface area contributed by atoms with Crippen LogP contribution in [0.5, 0.6) is 0 Å². The van der Waals surface area contributed by atoms with Gasteiger partial charge in [-0.15, -0.1) is 0 Å². The number of fused-ring (bicyclic) bond motifs is 2. The molecule has 1 aliphatic rings. The second-order valence-electron chi connectivity index (χ2n) is 3.41. The van der Waals surface area contributed by atoms with Gasteiger partial charge in [0.05, 0.1) is 11.3 Å². The maximum absolute atomic E-state index is 11.9. The molecule has 0 fully saturated rings. The van der Waals surface area contributed by atoms with E-state index < -0.39 is 0 Å². The number of rotatable bonds is 0. The highest BCUT2D eigenvalue weighted by atomic mass is 32.2. The normalized spacial score (nSPS) is 13.4. The zero-order valence-electron chi connectivity index (χ0n) is 8.31. The van der Waals surface area contributed by atoms with Gasteiger partial charge in [-0.1, -0.05) is 23.9 Å². The third-order valence-corrected chi connectivity index (χ3v) is 3.45. The summed E-state index contributed by atoms with van der Waals surface area (Å²) in [5, 5.41) is 3.63. The smallest absolute Gasteiger partial charge is 0.258 e. The second-order valence-corrected chi connectivity index (χ2v) is 4.44. The van der Waals surface area contributed by atoms with E-state index in [4.69, 9.17) is 0 Å². The standard InChI is InChI=1S/C12H8N2OS/c15-11-8-4-3-7-13-12(8)16-10-6-2-1-5-9(10)14-11/h1-7H,(H,14,15). The number of hydrogen-bond acceptors (Lipinski definition) is 3. The number of nitrogens with zero attached hydrogens (tertiary/aromatic N) is 1. The molecule has 4 heteroatoms. The number of carbonyl (C=O) groups is 1. The maximum atomic E-state index is 11.9. The quantitative estimate of drug-likeness (QED) is 0.754. The molecular formula is C12H8N2OS. The average molecular weight is 228 g/mol. The van der Waals surface area contributed by atoms with Crippen molar-refractivity contribution in [1.82, 2.24) is 4.98 Å². The Balaban J connectivity index is 2.18. The highest BCUT2D eigenvalue weighted by Gasteiger charge is 2.19. The Hall–Kier alpha value is -1.81. The van der Waals surface area contributed by atoms with Crippen LogP contribution in [0.1, 0.15) is 10.4 Å². The van der Waals surface area contributed by atoms with E-state index in [1.165, 1.54) is 11.8 Å². The Labute approximate surface area is 96.9 Å². The largest absolute Gasteiger partial charge is 0.321 e. The van der Waals surface area contributed by atoms with Crippen molar-refractivity contribution >= 4 is 23.4 Å². The fourth-order valence-electron chi connectivity index (χ4n) is 1.60. The lowest BCUT2D eigenvalue weighted by Gasteiger charge is -2.03. The number of amides is 1. The molecule has 1 aromatic heterocycles. The van der Waals surface area contributed by atoms with Gasteiger partial charge in [-0.2, -0.15) is 0 Å². The summed E-state index contributed by atoms with van der Waals surface area (Å²) in [5.41, 5.74) is 1.47. The van der Waals surface area contributed by atoms with E-state index in [-0.39, 0.29) is 5.91 Å². The molecule has 3 rings (SSSR count). The number of para-hydroxylation sites is 1. The highest BCUT2D eigenvalue weighted by molar-refractivity contribution is 7.99. The van der Waals surface area contributed by atoms with Gasteiger partial charge in [-0.25, -0.2) is 4.98 Å². The number of aromatic nitrogens is 1. The molecule has 78 valence electrons. The minimum absolute atomic E-state index is 0.0967. The number of anilines is 1. The van der Waals surface area contributed by atoms with Gasteiger partial charge in [0.2, 0.25) is 0 Å². The van der Waals surface area contributed by atoms with Crippen LogP contribution >= 0.6 is 11.8 Å². The van der Waals surface area contributed by atoms with Crippen molar-refractivity contribution in [1.29, 1.82) is 0 Å². The lowest BCUT2D eigenvalue weighted by molar-refractivity contribution is 0.102. The summed E-state index contributed by atoms with van der Waals surface area (Å²) >= 11 is 1.51. The van der Waals surface area contributed by atoms with Crippen molar-refractivity contribution in [3.8, 4) is 0 Å². The Bertz CT molecular complexity index is 568. The first kappa shape index (κ1) is 9.42. The van der Waals surface area contributed by atoms with E-state index in [1.807, 2.05) is 24.3 Å². The zero-order chi connectivity index (χ0) is 11.0. The molecule has 0 bridgehead atoms. The minimum Gasteiger partial charge on any atom is -0.321 e. The Morgan fingerprint density at radius 1 is 1.12 bits per heavy atom. The lowest BCUT2D eigenvalue weighted by Crippen LogP contribution is -2.11. The first-order valence-corrected chi connectivity index (χ1v) is 5.69. The molecule has 1 aliphatic heterocycles. The summed E-state index contributed by atoms with van der Waals surface area (Å²) in [6, 6.07) is 11.3. The average Bonchev–Trinajstić information content (AvgIpc) is 2.45. The van der Waals surface area contributed by atoms with Crippen molar-refractivity contribution in [2.75, 3.05) is 5.32 Å². The van der Waals surface area contributed by atoms with Crippen LogP contribution in [0.4, 0.5) is 5.69 Å². The number of benzene rings is 1. The van der Waals surface area contributed by atoms with Crippen LogP contribution in [0.15, 0.2) is 52.5 Å². The van der Waals surface area contributed by atoms with Crippen LogP contribution in [0.25, 0.3) is 0 Å². The molecule has 2 heterocycles. The van der Waals surface area contributed by atoms with Crippen LogP contribution in [0.3, 0.4) is 0 Å². The van der Waals surface area contributed by atoms with Gasteiger partial charge < -0.3 is 5.32 Å². The molecule has 0 atom stereocenters. The monoisotopic (exact) mass is 228 g/mol. The van der Waals surface area contributed by atoms with E-state index in [9.17, 15) is 4.79 Å². The van der Waals surface area contributed by atoms with Gasteiger partial charge in [0.25, 0.3) is 5.91 Å². The van der Waals surface area contributed by atoms with E-state index >= 15 is 0 Å². The van der Waals surface area contributed by atoms with Crippen molar-refractivity contribution < 1.29 is 4.79 Å². The van der Waals surface area contributed by atoms with Gasteiger partial charge in [0.15, 0.2) is 0 Å². The first-order valence-electron chi connectivity index (χ1n) is 4.88. The fourth-order valence-corrected chi connectivity index (χ4v) is 2.57. The number of carbonyl (C=O) groups excluding carboxylic acids is 1. The van der Waals surface area contributed by atoms with Gasteiger partial charge >= 0.3 is 0 Å². The topological polar surface area (TPSA) is 42.0 Å². The van der Waals surface area contributed by atoms with E-state index in [0.29, 0.717) is 5.56 Å². The molecule has 3 nitrogen and oxygen atoms in total. The zero-order valence-corrected chi connectivity index (χ0v) is 9.12. The summed E-state index contributed by atoms with van der Waals surface area (Å²) in [6.45, 7) is 0. The summed E-state index contributed by atoms with van der Waals surface area (Å²) < 4.78 is 0. The van der Waals surface area contributed by atoms with Crippen LogP contribution in [0, 0.1) is 0 Å². The molecule has 0 saturated heterocycles. The molecule has 0 saturated carbocycles. The lowest BCUT2D eigenvalue weighted by atomic mass is 10.2. The van der Waals surface area contributed by atoms with Crippen LogP contribution < -0.4 is 5.32 Å². The Morgan fingerprint density at radius 2 is 2.00 bits per heavy atom. The molecule has 1 N–H and O–H groups in total. The number of nitrogens with one attached hydrogen (secondary N) is 1. The molecule has 16 heavy (non-hydrogen) atoms. The van der Waals surface area contributed by atoms with Crippen molar-refractivity contribution in [3.63, 3.8) is 0 Å². The minimum atomic E-state index is -0.0967. The van der Waals surface area contributed by atoms with Gasteiger partial charge in [0, 0.05) is 11.1 Å². The molecule has 0 aliphatic carbocycles. The van der Waals surface area contributed by atoms with E-state index in [2.05, 4.69) is 10.3 Å². The first-order chi connectivity index (χ1) is 7.84. The molecule has 1 aromatic carbocycles. The molecule has 0 spiro atoms. The summed E-state index contributed by atoms with van der Waals surface area (Å²) in [6.07, 6.45) is 1.70. The van der Waals surface area contributed by atoms with E-state index in [1.54, 1.807) is 18.3 Å². The molecule has 0 unspecified atom stereocenters. The molecule has 0 radical (unpaired) electrons. The van der Waals surface area contributed by atoms with Gasteiger partial charge in [-0.3, -0.25) is 4.79 Å². The SMILES string of the molecule is O=C1Nc2ccccc2Sc2ncccc21. The predicted molar refractivity (Wildman–Crippen MR) is 62.8 cm³/mol. The summed E-state index contributed by atoms with van der Waals surface area (Å²) in [4.78, 5) is 17.2. The third kappa shape index (κ3) is 1.47. The second kappa shape index (κ2) is 3.64. The van der Waals surface area contributed by atoms with Crippen LogP contribution in [-0.4, -0.2) is 10.9 Å². The van der Waals surface area contributed by atoms with Crippen LogP contribution in [0.2, 0.25) is 0 Å². The Kier molecular flexibility index (Phi) is 2.15. The van der Waals surface area contributed by atoms with Crippen molar-refractivity contribution in [3.05, 3.63) is 48.2 Å². The fraction of sp³-hybridized carbons (Fsp3) is 0. The molecular weight excluding hydrogens is 220 g/mol. The van der Waals surface area contributed by atoms with E-state index in [0.717, 1.165) is 15.6 Å². The summed E-state index contributed by atoms with van der Waals surface area (Å²) in [5.74, 6) is -0.0967. The van der Waals surface area contributed by atoms with Crippen molar-refractivity contribution in [2.45, 2.75) is 9.92 Å². The van der Waals surface area contributed by atoms with Crippen molar-refractivity contribution in [2.24, 2.45) is 0 Å².